The van der Waals surface area contributed by atoms with Crippen LogP contribution in [0.25, 0.3) is 0 Å². The Balaban J connectivity index is 0.00000180. The molecule has 0 aliphatic heterocycles. The quantitative estimate of drug-likeness (QED) is 0.897. The summed E-state index contributed by atoms with van der Waals surface area (Å²) in [5.74, 6) is 0.308. The minimum absolute atomic E-state index is 0. The minimum Gasteiger partial charge on any atom is -0.496 e. The lowest BCUT2D eigenvalue weighted by atomic mass is 9.78. The van der Waals surface area contributed by atoms with E-state index in [9.17, 15) is 4.79 Å². The molecule has 0 heterocycles. The molecule has 0 spiro atoms. The van der Waals surface area contributed by atoms with E-state index in [0.717, 1.165) is 19.3 Å². The molecule has 3 N–H and O–H groups in total. The Bertz CT molecular complexity index is 462. The Morgan fingerprint density at radius 2 is 2.21 bits per heavy atom. The number of amides is 1. The number of benzene rings is 1. The second-order valence-electron chi connectivity index (χ2n) is 4.74. The number of carbonyl (C=O) groups is 1. The minimum atomic E-state index is -0.235. The topological polar surface area (TPSA) is 64.3 Å². The Hall–Kier alpha value is -0.970. The number of nitrogens with two attached hydrogens (primary N) is 1. The van der Waals surface area contributed by atoms with E-state index >= 15 is 0 Å². The summed E-state index contributed by atoms with van der Waals surface area (Å²) in [5, 5.41) is 3.35. The number of hydrogen-bond acceptors (Lipinski definition) is 3. The maximum absolute atomic E-state index is 12.1. The van der Waals surface area contributed by atoms with Crippen LogP contribution in [0.15, 0.2) is 18.2 Å². The van der Waals surface area contributed by atoms with Gasteiger partial charge in [-0.15, -0.1) is 12.4 Å². The molecular formula is C13H18Cl2N2O2. The molecule has 4 nitrogen and oxygen atoms in total. The van der Waals surface area contributed by atoms with Crippen LogP contribution in [-0.2, 0) is 0 Å². The third-order valence-electron chi connectivity index (χ3n) is 3.36. The van der Waals surface area contributed by atoms with Gasteiger partial charge in [0.25, 0.3) is 5.91 Å². The fourth-order valence-corrected chi connectivity index (χ4v) is 2.19. The van der Waals surface area contributed by atoms with E-state index in [0.29, 0.717) is 22.9 Å². The third kappa shape index (κ3) is 3.75. The van der Waals surface area contributed by atoms with Gasteiger partial charge in [-0.05, 0) is 37.5 Å². The molecule has 19 heavy (non-hydrogen) atoms. The van der Waals surface area contributed by atoms with Crippen LogP contribution in [-0.4, -0.2) is 25.1 Å². The molecule has 0 bridgehead atoms. The van der Waals surface area contributed by atoms with Crippen molar-refractivity contribution < 1.29 is 9.53 Å². The highest BCUT2D eigenvalue weighted by molar-refractivity contribution is 6.31. The molecule has 6 heteroatoms. The van der Waals surface area contributed by atoms with Crippen molar-refractivity contribution >= 4 is 29.9 Å². The largest absolute Gasteiger partial charge is 0.496 e. The molecule has 0 unspecified atom stereocenters. The highest BCUT2D eigenvalue weighted by atomic mass is 35.5. The first-order valence-electron chi connectivity index (χ1n) is 5.95. The summed E-state index contributed by atoms with van der Waals surface area (Å²) in [5.41, 5.74) is 6.26. The maximum Gasteiger partial charge on any atom is 0.255 e. The van der Waals surface area contributed by atoms with Gasteiger partial charge in [-0.25, -0.2) is 0 Å². The van der Waals surface area contributed by atoms with Gasteiger partial charge in [0.2, 0.25) is 0 Å². The highest BCUT2D eigenvalue weighted by Gasteiger charge is 2.32. The SMILES string of the molecule is COc1ccc(Cl)cc1C(=O)NCC1(N)CCC1.Cl. The Kier molecular flexibility index (Phi) is 5.47. The van der Waals surface area contributed by atoms with Gasteiger partial charge in [0.1, 0.15) is 5.75 Å². The van der Waals surface area contributed by atoms with Gasteiger partial charge in [0, 0.05) is 17.1 Å². The van der Waals surface area contributed by atoms with E-state index in [-0.39, 0.29) is 23.9 Å². The normalized spacial score (nSPS) is 15.9. The zero-order valence-electron chi connectivity index (χ0n) is 10.7. The number of halogens is 2. The molecule has 1 saturated carbocycles. The Morgan fingerprint density at radius 3 is 2.74 bits per heavy atom. The zero-order valence-corrected chi connectivity index (χ0v) is 12.3. The van der Waals surface area contributed by atoms with Gasteiger partial charge < -0.3 is 15.8 Å². The molecule has 1 aromatic carbocycles. The first kappa shape index (κ1) is 16.1. The monoisotopic (exact) mass is 304 g/mol. The lowest BCUT2D eigenvalue weighted by molar-refractivity contribution is 0.0927. The van der Waals surface area contributed by atoms with Gasteiger partial charge in [-0.2, -0.15) is 0 Å². The summed E-state index contributed by atoms with van der Waals surface area (Å²) < 4.78 is 5.14. The Labute approximate surface area is 124 Å². The standard InChI is InChI=1S/C13H17ClN2O2.ClH/c1-18-11-4-3-9(14)7-10(11)12(17)16-8-13(15)5-2-6-13;/h3-4,7H,2,5-6,8,15H2,1H3,(H,16,17);1H. The predicted octanol–water partition coefficient (Wildman–Crippen LogP) is 2.38. The van der Waals surface area contributed by atoms with Crippen molar-refractivity contribution in [2.45, 2.75) is 24.8 Å². The van der Waals surface area contributed by atoms with E-state index in [1.807, 2.05) is 0 Å². The third-order valence-corrected chi connectivity index (χ3v) is 3.59. The molecule has 0 atom stereocenters. The van der Waals surface area contributed by atoms with E-state index in [1.165, 1.54) is 7.11 Å². The number of rotatable bonds is 4. The van der Waals surface area contributed by atoms with Crippen molar-refractivity contribution in [2.24, 2.45) is 5.73 Å². The maximum atomic E-state index is 12.1. The smallest absolute Gasteiger partial charge is 0.255 e. The van der Waals surface area contributed by atoms with Crippen molar-refractivity contribution in [1.29, 1.82) is 0 Å². The first-order chi connectivity index (χ1) is 8.54. The van der Waals surface area contributed by atoms with Crippen LogP contribution in [0.1, 0.15) is 29.6 Å². The van der Waals surface area contributed by atoms with Crippen LogP contribution < -0.4 is 15.8 Å². The van der Waals surface area contributed by atoms with Gasteiger partial charge in [0.15, 0.2) is 0 Å². The second-order valence-corrected chi connectivity index (χ2v) is 5.18. The van der Waals surface area contributed by atoms with Crippen molar-refractivity contribution in [3.8, 4) is 5.75 Å². The predicted molar refractivity (Wildman–Crippen MR) is 78.4 cm³/mol. The van der Waals surface area contributed by atoms with E-state index in [4.69, 9.17) is 22.1 Å². The Morgan fingerprint density at radius 1 is 1.53 bits per heavy atom. The van der Waals surface area contributed by atoms with Crippen LogP contribution in [0.2, 0.25) is 5.02 Å². The van der Waals surface area contributed by atoms with E-state index in [1.54, 1.807) is 18.2 Å². The molecule has 1 aliphatic carbocycles. The molecule has 106 valence electrons. The molecule has 1 amide bonds. The lowest BCUT2D eigenvalue weighted by Crippen LogP contribution is -2.54. The highest BCUT2D eigenvalue weighted by Crippen LogP contribution is 2.28. The lowest BCUT2D eigenvalue weighted by Gasteiger charge is -2.38. The molecule has 0 aromatic heterocycles. The summed E-state index contributed by atoms with van der Waals surface area (Å²) >= 11 is 5.89. The molecule has 0 radical (unpaired) electrons. The fraction of sp³-hybridized carbons (Fsp3) is 0.462. The van der Waals surface area contributed by atoms with Crippen molar-refractivity contribution in [3.05, 3.63) is 28.8 Å². The summed E-state index contributed by atoms with van der Waals surface area (Å²) in [6, 6.07) is 4.96. The molecule has 1 aliphatic rings. The van der Waals surface area contributed by atoms with Gasteiger partial charge in [-0.1, -0.05) is 11.6 Å². The summed E-state index contributed by atoms with van der Waals surface area (Å²) in [4.78, 5) is 12.1. The van der Waals surface area contributed by atoms with Gasteiger partial charge in [-0.3, -0.25) is 4.79 Å². The van der Waals surface area contributed by atoms with E-state index in [2.05, 4.69) is 5.32 Å². The van der Waals surface area contributed by atoms with Crippen molar-refractivity contribution in [2.75, 3.05) is 13.7 Å². The molecule has 1 aromatic rings. The second kappa shape index (κ2) is 6.46. The van der Waals surface area contributed by atoms with Crippen LogP contribution in [0.5, 0.6) is 5.75 Å². The summed E-state index contributed by atoms with van der Waals surface area (Å²) in [6.07, 6.45) is 3.05. The molecule has 0 saturated heterocycles. The molecular weight excluding hydrogens is 287 g/mol. The van der Waals surface area contributed by atoms with Crippen LogP contribution in [0, 0.1) is 0 Å². The fourth-order valence-electron chi connectivity index (χ4n) is 2.02. The number of hydrogen-bond donors (Lipinski definition) is 2. The van der Waals surface area contributed by atoms with Gasteiger partial charge in [0.05, 0.1) is 12.7 Å². The first-order valence-corrected chi connectivity index (χ1v) is 6.32. The number of methoxy groups -OCH3 is 1. The number of nitrogens with one attached hydrogen (secondary N) is 1. The summed E-state index contributed by atoms with van der Waals surface area (Å²) in [6.45, 7) is 0.488. The average Bonchev–Trinajstić information content (AvgIpc) is 2.33. The number of carbonyl (C=O) groups excluding carboxylic acids is 1. The average molecular weight is 305 g/mol. The van der Waals surface area contributed by atoms with Crippen LogP contribution >= 0.6 is 24.0 Å². The van der Waals surface area contributed by atoms with Gasteiger partial charge >= 0.3 is 0 Å². The van der Waals surface area contributed by atoms with E-state index < -0.39 is 0 Å². The number of ether oxygens (including phenoxy) is 1. The summed E-state index contributed by atoms with van der Waals surface area (Å²) in [7, 11) is 1.52. The van der Waals surface area contributed by atoms with Crippen LogP contribution in [0.3, 0.4) is 0 Å². The molecule has 2 rings (SSSR count). The molecule has 1 fully saturated rings. The van der Waals surface area contributed by atoms with Crippen molar-refractivity contribution in [1.82, 2.24) is 5.32 Å². The zero-order chi connectivity index (χ0) is 13.2. The van der Waals surface area contributed by atoms with Crippen molar-refractivity contribution in [3.63, 3.8) is 0 Å². The van der Waals surface area contributed by atoms with Crippen LogP contribution in [0.4, 0.5) is 0 Å².